The minimum absolute atomic E-state index is 0.0417. The highest BCUT2D eigenvalue weighted by molar-refractivity contribution is 9.10. The van der Waals surface area contributed by atoms with Crippen molar-refractivity contribution < 1.29 is 23.5 Å². The topological polar surface area (TPSA) is 66.4 Å². The average molecular weight is 322 g/mol. The van der Waals surface area contributed by atoms with E-state index in [-0.39, 0.29) is 23.9 Å². The van der Waals surface area contributed by atoms with Gasteiger partial charge in [-0.2, -0.15) is 0 Å². The fourth-order valence-electron chi connectivity index (χ4n) is 1.29. The Morgan fingerprint density at radius 1 is 1.28 bits per heavy atom. The molecular formula is C11H10BrF2NO3. The van der Waals surface area contributed by atoms with Gasteiger partial charge in [-0.15, -0.1) is 0 Å². The highest BCUT2D eigenvalue weighted by Crippen LogP contribution is 2.19. The average Bonchev–Trinajstić information content (AvgIpc) is 2.22. The summed E-state index contributed by atoms with van der Waals surface area (Å²) in [6, 6.07) is 1.96. The van der Waals surface area contributed by atoms with Gasteiger partial charge in [-0.25, -0.2) is 8.78 Å². The predicted octanol–water partition coefficient (Wildman–Crippen LogP) is 2.32. The third-order valence-corrected chi connectivity index (χ3v) is 2.54. The van der Waals surface area contributed by atoms with Crippen LogP contribution in [-0.2, 0) is 4.79 Å². The lowest BCUT2D eigenvalue weighted by molar-refractivity contribution is -0.137. The fourth-order valence-corrected chi connectivity index (χ4v) is 1.69. The molecule has 0 aliphatic heterocycles. The molecule has 0 heterocycles. The van der Waals surface area contributed by atoms with Crippen molar-refractivity contribution in [2.45, 2.75) is 12.8 Å². The Hall–Kier alpha value is -1.50. The van der Waals surface area contributed by atoms with E-state index < -0.39 is 29.1 Å². The van der Waals surface area contributed by atoms with Gasteiger partial charge in [0.05, 0.1) is 0 Å². The Kier molecular flexibility index (Phi) is 5.21. The molecule has 0 spiro atoms. The molecule has 1 amide bonds. The van der Waals surface area contributed by atoms with Crippen LogP contribution in [0.3, 0.4) is 0 Å². The molecule has 0 unspecified atom stereocenters. The summed E-state index contributed by atoms with van der Waals surface area (Å²) in [5.74, 6) is -3.84. The number of carbonyl (C=O) groups excluding carboxylic acids is 1. The lowest BCUT2D eigenvalue weighted by atomic mass is 10.2. The maximum atomic E-state index is 13.4. The summed E-state index contributed by atoms with van der Waals surface area (Å²) in [5.41, 5.74) is -0.673. The number of nitrogens with one attached hydrogen (secondary N) is 1. The number of carboxylic acid groups (broad SMARTS) is 1. The molecule has 18 heavy (non-hydrogen) atoms. The van der Waals surface area contributed by atoms with Gasteiger partial charge in [0.1, 0.15) is 17.2 Å². The highest BCUT2D eigenvalue weighted by atomic mass is 79.9. The van der Waals surface area contributed by atoms with E-state index in [0.29, 0.717) is 0 Å². The zero-order chi connectivity index (χ0) is 13.7. The first-order valence-corrected chi connectivity index (χ1v) is 5.85. The molecule has 0 saturated heterocycles. The number of hydrogen-bond acceptors (Lipinski definition) is 2. The maximum absolute atomic E-state index is 13.4. The molecule has 4 nitrogen and oxygen atoms in total. The van der Waals surface area contributed by atoms with Gasteiger partial charge in [0.15, 0.2) is 0 Å². The van der Waals surface area contributed by atoms with Crippen LogP contribution in [0.2, 0.25) is 0 Å². The van der Waals surface area contributed by atoms with Gasteiger partial charge in [0.2, 0.25) is 0 Å². The van der Waals surface area contributed by atoms with Gasteiger partial charge in [0, 0.05) is 17.4 Å². The molecule has 0 saturated carbocycles. The quantitative estimate of drug-likeness (QED) is 0.818. The zero-order valence-corrected chi connectivity index (χ0v) is 10.8. The molecule has 2 N–H and O–H groups in total. The molecule has 1 aromatic rings. The molecule has 0 aromatic heterocycles. The van der Waals surface area contributed by atoms with Gasteiger partial charge in [0.25, 0.3) is 5.91 Å². The second-order valence-corrected chi connectivity index (χ2v) is 4.41. The van der Waals surface area contributed by atoms with Crippen LogP contribution in [0.5, 0.6) is 0 Å². The number of carbonyl (C=O) groups is 2. The summed E-state index contributed by atoms with van der Waals surface area (Å²) >= 11 is 2.90. The first-order valence-electron chi connectivity index (χ1n) is 5.06. The lowest BCUT2D eigenvalue weighted by Crippen LogP contribution is -2.26. The molecule has 0 aliphatic carbocycles. The standard InChI is InChI=1S/C11H10BrF2NO3/c12-6-4-7(13)10(8(14)5-6)11(18)15-3-1-2-9(16)17/h4-5H,1-3H2,(H,15,18)(H,16,17). The van der Waals surface area contributed by atoms with Crippen molar-refractivity contribution in [3.8, 4) is 0 Å². The zero-order valence-electron chi connectivity index (χ0n) is 9.17. The lowest BCUT2D eigenvalue weighted by Gasteiger charge is -2.07. The molecule has 0 aliphatic rings. The Morgan fingerprint density at radius 2 is 1.83 bits per heavy atom. The van der Waals surface area contributed by atoms with E-state index in [1.165, 1.54) is 0 Å². The Labute approximate surface area is 110 Å². The van der Waals surface area contributed by atoms with E-state index in [1.54, 1.807) is 0 Å². The van der Waals surface area contributed by atoms with Crippen LogP contribution in [0.15, 0.2) is 16.6 Å². The van der Waals surface area contributed by atoms with E-state index in [1.807, 2.05) is 0 Å². The number of hydrogen-bond donors (Lipinski definition) is 2. The minimum atomic E-state index is -0.995. The Bertz CT molecular complexity index is 456. The molecule has 1 aromatic carbocycles. The first kappa shape index (κ1) is 14.6. The molecule has 98 valence electrons. The van der Waals surface area contributed by atoms with Crippen LogP contribution in [0.25, 0.3) is 0 Å². The van der Waals surface area contributed by atoms with Crippen molar-refractivity contribution in [2.24, 2.45) is 0 Å². The van der Waals surface area contributed by atoms with Crippen LogP contribution in [0, 0.1) is 11.6 Å². The van der Waals surface area contributed by atoms with E-state index in [0.717, 1.165) is 12.1 Å². The van der Waals surface area contributed by atoms with Crippen molar-refractivity contribution >= 4 is 27.8 Å². The van der Waals surface area contributed by atoms with Crippen LogP contribution < -0.4 is 5.32 Å². The molecular weight excluding hydrogens is 312 g/mol. The van der Waals surface area contributed by atoms with Gasteiger partial charge >= 0.3 is 5.97 Å². The summed E-state index contributed by atoms with van der Waals surface area (Å²) in [6.45, 7) is 0.0417. The monoisotopic (exact) mass is 321 g/mol. The molecule has 1 rings (SSSR count). The van der Waals surface area contributed by atoms with Crippen molar-refractivity contribution in [2.75, 3.05) is 6.54 Å². The SMILES string of the molecule is O=C(O)CCCNC(=O)c1c(F)cc(Br)cc1F. The number of carboxylic acids is 1. The second-order valence-electron chi connectivity index (χ2n) is 3.50. The van der Waals surface area contributed by atoms with Crippen molar-refractivity contribution in [1.29, 1.82) is 0 Å². The molecule has 0 atom stereocenters. The summed E-state index contributed by atoms with van der Waals surface area (Å²) < 4.78 is 26.9. The summed E-state index contributed by atoms with van der Waals surface area (Å²) in [5, 5.41) is 10.6. The third kappa shape index (κ3) is 4.06. The number of benzene rings is 1. The number of amides is 1. The normalized spacial score (nSPS) is 10.2. The Morgan fingerprint density at radius 3 is 2.33 bits per heavy atom. The van der Waals surface area contributed by atoms with Crippen molar-refractivity contribution in [3.63, 3.8) is 0 Å². The van der Waals surface area contributed by atoms with E-state index in [2.05, 4.69) is 21.2 Å². The maximum Gasteiger partial charge on any atom is 0.303 e. The van der Waals surface area contributed by atoms with Crippen LogP contribution in [-0.4, -0.2) is 23.5 Å². The van der Waals surface area contributed by atoms with Crippen LogP contribution in [0.4, 0.5) is 8.78 Å². The van der Waals surface area contributed by atoms with E-state index >= 15 is 0 Å². The smallest absolute Gasteiger partial charge is 0.303 e. The van der Waals surface area contributed by atoms with Crippen LogP contribution >= 0.6 is 15.9 Å². The predicted molar refractivity (Wildman–Crippen MR) is 63.3 cm³/mol. The van der Waals surface area contributed by atoms with Gasteiger partial charge in [-0.05, 0) is 18.6 Å². The van der Waals surface area contributed by atoms with Crippen molar-refractivity contribution in [1.82, 2.24) is 5.32 Å². The third-order valence-electron chi connectivity index (χ3n) is 2.09. The molecule has 7 heteroatoms. The number of halogens is 3. The largest absolute Gasteiger partial charge is 0.481 e. The first-order chi connectivity index (χ1) is 8.41. The fraction of sp³-hybridized carbons (Fsp3) is 0.273. The minimum Gasteiger partial charge on any atom is -0.481 e. The second kappa shape index (κ2) is 6.44. The summed E-state index contributed by atoms with van der Waals surface area (Å²) in [6.07, 6.45) is 0.0758. The summed E-state index contributed by atoms with van der Waals surface area (Å²) in [7, 11) is 0. The van der Waals surface area contributed by atoms with Gasteiger partial charge in [-0.1, -0.05) is 15.9 Å². The van der Waals surface area contributed by atoms with E-state index in [4.69, 9.17) is 5.11 Å². The van der Waals surface area contributed by atoms with Gasteiger partial charge < -0.3 is 10.4 Å². The Balaban J connectivity index is 2.65. The number of aliphatic carboxylic acids is 1. The molecule has 0 fully saturated rings. The van der Waals surface area contributed by atoms with Crippen molar-refractivity contribution in [3.05, 3.63) is 33.8 Å². The number of rotatable bonds is 5. The molecule has 0 radical (unpaired) electrons. The highest BCUT2D eigenvalue weighted by Gasteiger charge is 2.17. The van der Waals surface area contributed by atoms with E-state index in [9.17, 15) is 18.4 Å². The van der Waals surface area contributed by atoms with Gasteiger partial charge in [-0.3, -0.25) is 9.59 Å². The van der Waals surface area contributed by atoms with Crippen LogP contribution in [0.1, 0.15) is 23.2 Å². The molecule has 0 bridgehead atoms. The summed E-state index contributed by atoms with van der Waals surface area (Å²) in [4.78, 5) is 21.7.